The Kier molecular flexibility index (Phi) is 9.24. The fraction of sp³-hybridized carbons (Fsp3) is 0.882. The van der Waals surface area contributed by atoms with Crippen molar-refractivity contribution in [2.45, 2.75) is 46.1 Å². The predicted molar refractivity (Wildman–Crippen MR) is 101 cm³/mol. The Bertz CT molecular complexity index is 526. The van der Waals surface area contributed by atoms with Gasteiger partial charge in [0, 0.05) is 33.7 Å². The second-order valence-electron chi connectivity index (χ2n) is 7.44. The molecule has 0 spiro atoms. The minimum atomic E-state index is -2.97. The zero-order chi connectivity index (χ0) is 19.8. The van der Waals surface area contributed by atoms with Gasteiger partial charge in [0.05, 0.1) is 26.2 Å². The summed E-state index contributed by atoms with van der Waals surface area (Å²) in [5.41, 5.74) is -0.521. The molecule has 1 aliphatic heterocycles. The quantitative estimate of drug-likeness (QED) is 0.409. The number of amides is 1. The van der Waals surface area contributed by atoms with E-state index in [4.69, 9.17) is 9.26 Å². The van der Waals surface area contributed by atoms with E-state index < -0.39 is 12.9 Å². The highest BCUT2D eigenvalue weighted by atomic mass is 31.2. The van der Waals surface area contributed by atoms with Gasteiger partial charge in [0.2, 0.25) is 5.91 Å². The maximum absolute atomic E-state index is 12.5. The smallest absolute Gasteiger partial charge is 0.307 e. The van der Waals surface area contributed by atoms with Gasteiger partial charge < -0.3 is 19.3 Å². The number of methoxy groups -OCH3 is 1. The van der Waals surface area contributed by atoms with Crippen LogP contribution in [0.4, 0.5) is 0 Å². The molecule has 26 heavy (non-hydrogen) atoms. The summed E-state index contributed by atoms with van der Waals surface area (Å²) in [6.07, 6.45) is 2.20. The van der Waals surface area contributed by atoms with Crippen LogP contribution in [-0.2, 0) is 28.2 Å². The first-order valence-electron chi connectivity index (χ1n) is 9.01. The Morgan fingerprint density at radius 3 is 2.69 bits per heavy atom. The van der Waals surface area contributed by atoms with Crippen LogP contribution >= 0.6 is 7.52 Å². The van der Waals surface area contributed by atoms with Gasteiger partial charge in [-0.3, -0.25) is 14.2 Å². The van der Waals surface area contributed by atoms with Crippen LogP contribution in [0.2, 0.25) is 0 Å². The zero-order valence-corrected chi connectivity index (χ0v) is 17.4. The van der Waals surface area contributed by atoms with Gasteiger partial charge in [0.25, 0.3) is 7.52 Å². The van der Waals surface area contributed by atoms with Crippen molar-refractivity contribution in [1.82, 2.24) is 10.4 Å². The Labute approximate surface area is 157 Å². The van der Waals surface area contributed by atoms with Gasteiger partial charge in [-0.1, -0.05) is 20.8 Å². The molecule has 0 radical (unpaired) electrons. The van der Waals surface area contributed by atoms with Crippen molar-refractivity contribution in [3.8, 4) is 0 Å². The molecule has 1 saturated heterocycles. The number of nitrogens with one attached hydrogen (secondary N) is 2. The van der Waals surface area contributed by atoms with Gasteiger partial charge in [-0.15, -0.1) is 0 Å². The van der Waals surface area contributed by atoms with Crippen LogP contribution < -0.4 is 10.4 Å². The molecular formula is C17H35N2O6P. The number of hydrogen-bond acceptors (Lipinski definition) is 6. The predicted octanol–water partition coefficient (Wildman–Crippen LogP) is 2.18. The number of hydrogen-bond donors (Lipinski definition) is 2. The van der Waals surface area contributed by atoms with E-state index in [1.165, 1.54) is 7.11 Å². The fourth-order valence-corrected chi connectivity index (χ4v) is 3.64. The van der Waals surface area contributed by atoms with Crippen LogP contribution in [-0.4, -0.2) is 58.1 Å². The second kappa shape index (κ2) is 10.4. The number of rotatable bonds is 11. The summed E-state index contributed by atoms with van der Waals surface area (Å²) in [5, 5.41) is 5.67. The van der Waals surface area contributed by atoms with Crippen molar-refractivity contribution in [2.75, 3.05) is 40.1 Å². The molecule has 9 heteroatoms. The van der Waals surface area contributed by atoms with Crippen molar-refractivity contribution in [3.05, 3.63) is 0 Å². The number of carbonyl (C=O) groups is 2. The molecule has 1 rings (SSSR count). The molecular weight excluding hydrogens is 359 g/mol. The lowest BCUT2D eigenvalue weighted by Gasteiger charge is -2.32. The highest BCUT2D eigenvalue weighted by Crippen LogP contribution is 2.41. The Balaban J connectivity index is 0.00000676. The number of esters is 1. The first kappa shape index (κ1) is 23.1. The van der Waals surface area contributed by atoms with Gasteiger partial charge in [0.15, 0.2) is 0 Å². The monoisotopic (exact) mass is 394 g/mol. The zero-order valence-electron chi connectivity index (χ0n) is 16.5. The molecule has 0 bridgehead atoms. The minimum absolute atomic E-state index is 0. The summed E-state index contributed by atoms with van der Waals surface area (Å²) in [7, 11) is -1.66. The van der Waals surface area contributed by atoms with Gasteiger partial charge >= 0.3 is 5.97 Å². The van der Waals surface area contributed by atoms with Crippen molar-refractivity contribution >= 4 is 19.4 Å². The lowest BCUT2D eigenvalue weighted by molar-refractivity contribution is -0.140. The third kappa shape index (κ3) is 8.16. The third-order valence-corrected chi connectivity index (χ3v) is 6.11. The van der Waals surface area contributed by atoms with E-state index in [2.05, 4.69) is 15.1 Å². The van der Waals surface area contributed by atoms with Gasteiger partial charge in [-0.05, 0) is 18.3 Å². The van der Waals surface area contributed by atoms with Crippen molar-refractivity contribution in [1.29, 1.82) is 0 Å². The standard InChI is InChI=1S/C17H33N2O6P.H2/c1-13(16(21)18-9-8-15(20)23-4)17(2,3)12-25-26(5,22)19-11-14-7-6-10-24-14;/h13-14H,6-12H2,1-5H3,(H,18,21)(H,19,22);1H/t13-,14?,26?;/m0./s1. The van der Waals surface area contributed by atoms with Gasteiger partial charge in [0.1, 0.15) is 0 Å². The number of carbonyl (C=O) groups excluding carboxylic acids is 2. The third-order valence-electron chi connectivity index (χ3n) is 4.73. The highest BCUT2D eigenvalue weighted by molar-refractivity contribution is 7.56. The fourth-order valence-electron chi connectivity index (χ4n) is 2.43. The molecule has 0 saturated carbocycles. The van der Waals surface area contributed by atoms with Crippen LogP contribution in [0.1, 0.15) is 41.5 Å². The van der Waals surface area contributed by atoms with Crippen LogP contribution in [0.3, 0.4) is 0 Å². The Morgan fingerprint density at radius 2 is 2.12 bits per heavy atom. The maximum Gasteiger partial charge on any atom is 0.307 e. The summed E-state index contributed by atoms with van der Waals surface area (Å²) >= 11 is 0. The molecule has 1 amide bonds. The molecule has 2 unspecified atom stereocenters. The average molecular weight is 394 g/mol. The lowest BCUT2D eigenvalue weighted by Crippen LogP contribution is -2.40. The molecule has 0 aromatic rings. The topological polar surface area (TPSA) is 103 Å². The van der Waals surface area contributed by atoms with E-state index in [1.807, 2.05) is 13.8 Å². The van der Waals surface area contributed by atoms with E-state index >= 15 is 0 Å². The van der Waals surface area contributed by atoms with E-state index in [9.17, 15) is 14.2 Å². The molecule has 3 atom stereocenters. The minimum Gasteiger partial charge on any atom is -0.469 e. The molecule has 0 aromatic carbocycles. The van der Waals surface area contributed by atoms with Crippen LogP contribution in [0, 0.1) is 11.3 Å². The molecule has 0 aliphatic carbocycles. The van der Waals surface area contributed by atoms with Gasteiger partial charge in [-0.25, -0.2) is 5.09 Å². The van der Waals surface area contributed by atoms with Crippen molar-refractivity contribution in [2.24, 2.45) is 11.3 Å². The van der Waals surface area contributed by atoms with Crippen LogP contribution in [0.25, 0.3) is 0 Å². The van der Waals surface area contributed by atoms with Crippen LogP contribution in [0.15, 0.2) is 0 Å². The lowest BCUT2D eigenvalue weighted by atomic mass is 9.80. The SMILES string of the molecule is COC(=O)CCNC(=O)[C@H](C)C(C)(C)COP(C)(=O)NCC1CCCO1.[HH]. The molecule has 0 aromatic heterocycles. The molecule has 1 fully saturated rings. The highest BCUT2D eigenvalue weighted by Gasteiger charge is 2.34. The van der Waals surface area contributed by atoms with Crippen molar-refractivity contribution in [3.63, 3.8) is 0 Å². The number of ether oxygens (including phenoxy) is 2. The summed E-state index contributed by atoms with van der Waals surface area (Å²) in [5.74, 6) is -0.927. The molecule has 2 N–H and O–H groups in total. The second-order valence-corrected chi connectivity index (χ2v) is 9.71. The Hall–Kier alpha value is -0.950. The van der Waals surface area contributed by atoms with Crippen molar-refractivity contribution < 1.29 is 29.6 Å². The van der Waals surface area contributed by atoms with E-state index in [-0.39, 0.29) is 44.9 Å². The van der Waals surface area contributed by atoms with E-state index in [0.717, 1.165) is 19.4 Å². The Morgan fingerprint density at radius 1 is 1.42 bits per heavy atom. The molecule has 1 heterocycles. The van der Waals surface area contributed by atoms with Gasteiger partial charge in [-0.2, -0.15) is 0 Å². The summed E-state index contributed by atoms with van der Waals surface area (Å²) in [6.45, 7) is 8.74. The molecule has 154 valence electrons. The largest absolute Gasteiger partial charge is 0.469 e. The first-order valence-corrected chi connectivity index (χ1v) is 11.1. The normalized spacial score (nSPS) is 21.0. The van der Waals surface area contributed by atoms with Crippen LogP contribution in [0.5, 0.6) is 0 Å². The summed E-state index contributed by atoms with van der Waals surface area (Å²) in [4.78, 5) is 23.4. The molecule has 8 nitrogen and oxygen atoms in total. The summed E-state index contributed by atoms with van der Waals surface area (Å²) in [6, 6.07) is 0. The average Bonchev–Trinajstić information content (AvgIpc) is 3.11. The van der Waals surface area contributed by atoms with E-state index in [0.29, 0.717) is 6.54 Å². The summed E-state index contributed by atoms with van der Waals surface area (Å²) < 4.78 is 28.2. The maximum atomic E-state index is 12.5. The first-order chi connectivity index (χ1) is 12.1. The van der Waals surface area contributed by atoms with E-state index in [1.54, 1.807) is 13.6 Å². The molecule has 1 aliphatic rings.